The molecular formula is C13H20N4O. The molecule has 2 N–H and O–H groups in total. The van der Waals surface area contributed by atoms with Gasteiger partial charge in [0.2, 0.25) is 0 Å². The molecule has 1 fully saturated rings. The third kappa shape index (κ3) is 4.00. The van der Waals surface area contributed by atoms with Gasteiger partial charge in [-0.25, -0.2) is 4.98 Å². The maximum Gasteiger partial charge on any atom is 0.269 e. The average molecular weight is 248 g/mol. The van der Waals surface area contributed by atoms with Gasteiger partial charge in [0.15, 0.2) is 0 Å². The van der Waals surface area contributed by atoms with Gasteiger partial charge in [-0.1, -0.05) is 0 Å². The zero-order valence-corrected chi connectivity index (χ0v) is 10.9. The minimum atomic E-state index is -0.116. The van der Waals surface area contributed by atoms with Crippen molar-refractivity contribution in [2.24, 2.45) is 0 Å². The van der Waals surface area contributed by atoms with Crippen LogP contribution in [0, 0.1) is 0 Å². The number of hydrogen-bond donors (Lipinski definition) is 2. The number of likely N-dealkylation sites (N-methyl/N-ethyl adjacent to an activating group) is 1. The highest BCUT2D eigenvalue weighted by Gasteiger charge is 2.20. The van der Waals surface area contributed by atoms with E-state index >= 15 is 0 Å². The van der Waals surface area contributed by atoms with E-state index < -0.39 is 0 Å². The molecule has 0 unspecified atom stereocenters. The Hall–Kier alpha value is -1.62. The largest absolute Gasteiger partial charge is 0.381 e. The first-order valence-corrected chi connectivity index (χ1v) is 6.30. The monoisotopic (exact) mass is 248 g/mol. The first-order chi connectivity index (χ1) is 8.65. The van der Waals surface area contributed by atoms with Crippen LogP contribution < -0.4 is 10.6 Å². The normalized spacial score (nSPS) is 14.6. The van der Waals surface area contributed by atoms with Crippen molar-refractivity contribution >= 4 is 11.6 Å². The van der Waals surface area contributed by atoms with Crippen molar-refractivity contribution in [1.82, 2.24) is 15.2 Å². The van der Waals surface area contributed by atoms with Crippen molar-refractivity contribution in [1.29, 1.82) is 0 Å². The Bertz CT molecular complexity index is 398. The lowest BCUT2D eigenvalue weighted by Crippen LogP contribution is -2.31. The molecule has 1 aromatic rings. The molecule has 98 valence electrons. The molecule has 0 spiro atoms. The molecule has 0 atom stereocenters. The molecule has 0 radical (unpaired) electrons. The maximum atomic E-state index is 11.8. The molecular weight excluding hydrogens is 228 g/mol. The second kappa shape index (κ2) is 5.82. The molecule has 1 amide bonds. The van der Waals surface area contributed by atoms with Crippen LogP contribution in [0.2, 0.25) is 0 Å². The fourth-order valence-corrected chi connectivity index (χ4v) is 1.56. The summed E-state index contributed by atoms with van der Waals surface area (Å²) in [7, 11) is 3.95. The number of aromatic nitrogens is 1. The van der Waals surface area contributed by atoms with Gasteiger partial charge in [0.25, 0.3) is 5.91 Å². The number of anilines is 1. The Labute approximate surface area is 108 Å². The first kappa shape index (κ1) is 12.8. The minimum Gasteiger partial charge on any atom is -0.381 e. The molecule has 1 aliphatic carbocycles. The quantitative estimate of drug-likeness (QED) is 0.787. The van der Waals surface area contributed by atoms with Crippen molar-refractivity contribution < 1.29 is 4.79 Å². The molecule has 0 saturated heterocycles. The number of carbonyl (C=O) groups excluding carboxylic acids is 1. The van der Waals surface area contributed by atoms with E-state index in [9.17, 15) is 4.79 Å². The highest BCUT2D eigenvalue weighted by molar-refractivity contribution is 5.92. The van der Waals surface area contributed by atoms with Crippen molar-refractivity contribution in [3.05, 3.63) is 24.0 Å². The van der Waals surface area contributed by atoms with Gasteiger partial charge in [0.1, 0.15) is 5.69 Å². The van der Waals surface area contributed by atoms with E-state index in [2.05, 4.69) is 15.6 Å². The highest BCUT2D eigenvalue weighted by Crippen LogP contribution is 2.24. The molecule has 1 heterocycles. The van der Waals surface area contributed by atoms with Gasteiger partial charge in [-0.05, 0) is 39.1 Å². The number of nitrogens with one attached hydrogen (secondary N) is 2. The van der Waals surface area contributed by atoms with E-state index in [0.717, 1.165) is 12.2 Å². The van der Waals surface area contributed by atoms with E-state index in [-0.39, 0.29) is 5.91 Å². The Kier molecular flexibility index (Phi) is 4.15. The number of amides is 1. The summed E-state index contributed by atoms with van der Waals surface area (Å²) < 4.78 is 0. The Morgan fingerprint density at radius 3 is 2.78 bits per heavy atom. The molecule has 0 aromatic carbocycles. The summed E-state index contributed by atoms with van der Waals surface area (Å²) in [6.07, 6.45) is 4.18. The van der Waals surface area contributed by atoms with Crippen LogP contribution in [0.3, 0.4) is 0 Å². The van der Waals surface area contributed by atoms with E-state index in [1.54, 1.807) is 12.3 Å². The lowest BCUT2D eigenvalue weighted by Gasteiger charge is -2.10. The Balaban J connectivity index is 1.81. The molecule has 18 heavy (non-hydrogen) atoms. The third-order valence-electron chi connectivity index (χ3n) is 2.79. The number of pyridine rings is 1. The number of hydrogen-bond acceptors (Lipinski definition) is 4. The second-order valence-corrected chi connectivity index (χ2v) is 4.91. The maximum absolute atomic E-state index is 11.8. The Morgan fingerprint density at radius 2 is 2.22 bits per heavy atom. The molecule has 0 bridgehead atoms. The molecule has 2 rings (SSSR count). The Morgan fingerprint density at radius 1 is 1.44 bits per heavy atom. The minimum absolute atomic E-state index is 0.116. The van der Waals surface area contributed by atoms with Gasteiger partial charge in [0, 0.05) is 19.1 Å². The van der Waals surface area contributed by atoms with Crippen molar-refractivity contribution in [3.8, 4) is 0 Å². The van der Waals surface area contributed by atoms with Crippen LogP contribution >= 0.6 is 0 Å². The van der Waals surface area contributed by atoms with Gasteiger partial charge >= 0.3 is 0 Å². The molecule has 5 heteroatoms. The van der Waals surface area contributed by atoms with Crippen molar-refractivity contribution in [2.75, 3.05) is 32.5 Å². The molecule has 1 saturated carbocycles. The fraction of sp³-hybridized carbons (Fsp3) is 0.538. The topological polar surface area (TPSA) is 57.3 Å². The summed E-state index contributed by atoms with van der Waals surface area (Å²) in [5.74, 6) is -0.116. The summed E-state index contributed by atoms with van der Waals surface area (Å²) in [6, 6.07) is 4.27. The van der Waals surface area contributed by atoms with Gasteiger partial charge in [0.05, 0.1) is 11.9 Å². The summed E-state index contributed by atoms with van der Waals surface area (Å²) in [4.78, 5) is 18.0. The summed E-state index contributed by atoms with van der Waals surface area (Å²) in [6.45, 7) is 1.46. The lowest BCUT2D eigenvalue weighted by molar-refractivity contribution is 0.0946. The van der Waals surface area contributed by atoms with E-state index in [4.69, 9.17) is 0 Å². The molecule has 0 aliphatic heterocycles. The van der Waals surface area contributed by atoms with Crippen LogP contribution in [-0.2, 0) is 0 Å². The first-order valence-electron chi connectivity index (χ1n) is 6.30. The summed E-state index contributed by atoms with van der Waals surface area (Å²) in [5, 5.41) is 6.18. The van der Waals surface area contributed by atoms with Gasteiger partial charge in [-0.2, -0.15) is 0 Å². The highest BCUT2D eigenvalue weighted by atomic mass is 16.1. The zero-order chi connectivity index (χ0) is 13.0. The van der Waals surface area contributed by atoms with Crippen LogP contribution in [0.25, 0.3) is 0 Å². The van der Waals surface area contributed by atoms with Crippen LogP contribution in [-0.4, -0.2) is 49.0 Å². The molecule has 1 aliphatic rings. The summed E-state index contributed by atoms with van der Waals surface area (Å²) >= 11 is 0. The van der Waals surface area contributed by atoms with E-state index in [1.165, 1.54) is 12.8 Å². The molecule has 1 aromatic heterocycles. The SMILES string of the molecule is CN(C)CCNC(=O)c1ccc(NC2CC2)cn1. The van der Waals surface area contributed by atoms with Crippen LogP contribution in [0.15, 0.2) is 18.3 Å². The fourth-order valence-electron chi connectivity index (χ4n) is 1.56. The van der Waals surface area contributed by atoms with Crippen LogP contribution in [0.5, 0.6) is 0 Å². The number of nitrogens with zero attached hydrogens (tertiary/aromatic N) is 2. The lowest BCUT2D eigenvalue weighted by atomic mass is 10.3. The van der Waals surface area contributed by atoms with Gasteiger partial charge in [-0.3, -0.25) is 4.79 Å². The average Bonchev–Trinajstić information content (AvgIpc) is 3.13. The number of rotatable bonds is 6. The third-order valence-corrected chi connectivity index (χ3v) is 2.79. The predicted octanol–water partition coefficient (Wildman–Crippen LogP) is 0.947. The predicted molar refractivity (Wildman–Crippen MR) is 71.8 cm³/mol. The zero-order valence-electron chi connectivity index (χ0n) is 10.9. The van der Waals surface area contributed by atoms with E-state index in [1.807, 2.05) is 25.1 Å². The molecule has 5 nitrogen and oxygen atoms in total. The van der Waals surface area contributed by atoms with Crippen LogP contribution in [0.1, 0.15) is 23.3 Å². The standard InChI is InChI=1S/C13H20N4O/c1-17(2)8-7-14-13(18)12-6-5-11(9-15-12)16-10-3-4-10/h5-6,9-10,16H,3-4,7-8H2,1-2H3,(H,14,18). The van der Waals surface area contributed by atoms with Crippen molar-refractivity contribution in [3.63, 3.8) is 0 Å². The van der Waals surface area contributed by atoms with Crippen molar-refractivity contribution in [2.45, 2.75) is 18.9 Å². The summed E-state index contributed by atoms with van der Waals surface area (Å²) in [5.41, 5.74) is 1.46. The van der Waals surface area contributed by atoms with Gasteiger partial charge in [-0.15, -0.1) is 0 Å². The number of carbonyl (C=O) groups is 1. The van der Waals surface area contributed by atoms with Gasteiger partial charge < -0.3 is 15.5 Å². The smallest absolute Gasteiger partial charge is 0.269 e. The van der Waals surface area contributed by atoms with Crippen LogP contribution in [0.4, 0.5) is 5.69 Å². The van der Waals surface area contributed by atoms with E-state index in [0.29, 0.717) is 18.3 Å². The second-order valence-electron chi connectivity index (χ2n) is 4.91.